The van der Waals surface area contributed by atoms with E-state index in [2.05, 4.69) is 133 Å². The molecule has 0 aromatic heterocycles. The maximum Gasteiger partial charge on any atom is 0.0381 e. The fourth-order valence-electron chi connectivity index (χ4n) is 7.55. The molecule has 5 aliphatic rings. The number of nitrogens with one attached hydrogen (secondary N) is 1. The highest BCUT2D eigenvalue weighted by Crippen LogP contribution is 2.49. The predicted octanol–water partition coefficient (Wildman–Crippen LogP) is 11.5. The van der Waals surface area contributed by atoms with E-state index in [1.54, 1.807) is 0 Å². The molecule has 1 aliphatic heterocycles. The Morgan fingerprint density at radius 2 is 1.61 bits per heavy atom. The van der Waals surface area contributed by atoms with E-state index < -0.39 is 0 Å². The van der Waals surface area contributed by atoms with Crippen molar-refractivity contribution in [1.82, 2.24) is 0 Å². The van der Waals surface area contributed by atoms with Crippen molar-refractivity contribution in [3.05, 3.63) is 161 Å². The summed E-state index contributed by atoms with van der Waals surface area (Å²) in [6, 6.07) is 27.2. The lowest BCUT2D eigenvalue weighted by Gasteiger charge is -2.30. The summed E-state index contributed by atoms with van der Waals surface area (Å²) >= 11 is 2.03. The molecule has 3 aromatic carbocycles. The van der Waals surface area contributed by atoms with Crippen molar-refractivity contribution >= 4 is 34.2 Å². The van der Waals surface area contributed by atoms with E-state index in [0.29, 0.717) is 17.1 Å². The summed E-state index contributed by atoms with van der Waals surface area (Å²) in [5.41, 5.74) is 14.0. The van der Waals surface area contributed by atoms with E-state index >= 15 is 0 Å². The SMILES string of the molecule is C1=CC2Sc3cc(C4=CC(C5CCC=C(c6cccc(C7=CCCC=C7)c6)C5)=C(Nc5ccccc5)CC4)ccc3C2C=C1. The number of thioether (sulfide) groups is 1. The van der Waals surface area contributed by atoms with Crippen molar-refractivity contribution < 1.29 is 0 Å². The third-order valence-corrected chi connectivity index (χ3v) is 11.2. The summed E-state index contributed by atoms with van der Waals surface area (Å²) in [5, 5.41) is 4.40. The van der Waals surface area contributed by atoms with E-state index in [1.165, 1.54) is 67.2 Å². The van der Waals surface area contributed by atoms with Crippen LogP contribution in [0.1, 0.15) is 73.1 Å². The van der Waals surface area contributed by atoms with Gasteiger partial charge in [-0.3, -0.25) is 0 Å². The van der Waals surface area contributed by atoms with Crippen LogP contribution in [-0.2, 0) is 0 Å². The van der Waals surface area contributed by atoms with Gasteiger partial charge in [-0.05, 0) is 120 Å². The molecule has 2 heteroatoms. The van der Waals surface area contributed by atoms with Gasteiger partial charge in [0.25, 0.3) is 0 Å². The molecule has 3 aromatic rings. The smallest absolute Gasteiger partial charge is 0.0381 e. The minimum atomic E-state index is 0.496. The highest BCUT2D eigenvalue weighted by molar-refractivity contribution is 8.00. The maximum absolute atomic E-state index is 3.86. The Morgan fingerprint density at radius 1 is 0.727 bits per heavy atom. The van der Waals surface area contributed by atoms with E-state index in [4.69, 9.17) is 0 Å². The first-order valence-corrected chi connectivity index (χ1v) is 17.2. The van der Waals surface area contributed by atoms with Crippen LogP contribution >= 0.6 is 11.8 Å². The Kier molecular flexibility index (Phi) is 7.62. The first-order chi connectivity index (χ1) is 21.8. The molecule has 218 valence electrons. The quantitative estimate of drug-likeness (QED) is 0.307. The van der Waals surface area contributed by atoms with Gasteiger partial charge in [0, 0.05) is 27.4 Å². The van der Waals surface area contributed by atoms with Gasteiger partial charge < -0.3 is 5.32 Å². The monoisotopic (exact) mass is 589 g/mol. The van der Waals surface area contributed by atoms with Gasteiger partial charge in [-0.2, -0.15) is 0 Å². The summed E-state index contributed by atoms with van der Waals surface area (Å²) in [6.45, 7) is 0. The molecule has 8 rings (SSSR count). The highest BCUT2D eigenvalue weighted by atomic mass is 32.2. The van der Waals surface area contributed by atoms with Gasteiger partial charge in [-0.1, -0.05) is 103 Å². The number of para-hydroxylation sites is 1. The second-order valence-electron chi connectivity index (χ2n) is 12.7. The normalized spacial score (nSPS) is 23.9. The zero-order chi connectivity index (χ0) is 29.3. The average Bonchev–Trinajstić information content (AvgIpc) is 3.47. The Bertz CT molecular complexity index is 1790. The lowest BCUT2D eigenvalue weighted by Crippen LogP contribution is -2.16. The van der Waals surface area contributed by atoms with Crippen LogP contribution in [0.2, 0.25) is 0 Å². The fraction of sp³-hybridized carbons (Fsp3) is 0.238. The molecule has 0 spiro atoms. The molecular formula is C42H39NS. The van der Waals surface area contributed by atoms with Gasteiger partial charge in [0.2, 0.25) is 0 Å². The molecule has 0 bridgehead atoms. The Balaban J connectivity index is 1.11. The zero-order valence-electron chi connectivity index (χ0n) is 25.2. The molecule has 0 saturated heterocycles. The summed E-state index contributed by atoms with van der Waals surface area (Å²) in [7, 11) is 0. The molecule has 0 saturated carbocycles. The third-order valence-electron chi connectivity index (χ3n) is 9.86. The lowest BCUT2D eigenvalue weighted by atomic mass is 9.77. The van der Waals surface area contributed by atoms with Crippen LogP contribution in [0.5, 0.6) is 0 Å². The minimum Gasteiger partial charge on any atom is -0.359 e. The van der Waals surface area contributed by atoms with E-state index in [9.17, 15) is 0 Å². The third kappa shape index (κ3) is 5.53. The number of benzene rings is 3. The van der Waals surface area contributed by atoms with Crippen LogP contribution in [0.4, 0.5) is 5.69 Å². The van der Waals surface area contributed by atoms with Crippen molar-refractivity contribution in [2.75, 3.05) is 5.32 Å². The standard InChI is InChI=1S/C42H39NS/c1-3-11-29(12-4-1)30-13-9-14-31(25-30)32-15-10-16-35(26-32)39-27-33(22-24-40(39)43-36-17-5-2-6-18-36)34-21-23-38-37-19-7-8-20-41(37)44-42(38)28-34/h2-3,5-9,11-15,17-21,23,25,27-28,35,37,41,43H,1,4,10,16,22,24,26H2. The number of fused-ring (bicyclic) bond motifs is 3. The van der Waals surface area contributed by atoms with E-state index in [-0.39, 0.29) is 0 Å². The largest absolute Gasteiger partial charge is 0.359 e. The first kappa shape index (κ1) is 27.5. The molecule has 0 radical (unpaired) electrons. The zero-order valence-corrected chi connectivity index (χ0v) is 26.0. The number of rotatable bonds is 6. The average molecular weight is 590 g/mol. The van der Waals surface area contributed by atoms with Crippen LogP contribution in [0.3, 0.4) is 0 Å². The lowest BCUT2D eigenvalue weighted by molar-refractivity contribution is 0.564. The second-order valence-corrected chi connectivity index (χ2v) is 13.9. The molecular weight excluding hydrogens is 551 g/mol. The molecule has 44 heavy (non-hydrogen) atoms. The molecule has 3 atom stereocenters. The molecule has 1 nitrogen and oxygen atoms in total. The first-order valence-electron chi connectivity index (χ1n) is 16.4. The summed E-state index contributed by atoms with van der Waals surface area (Å²) < 4.78 is 0. The van der Waals surface area contributed by atoms with Crippen LogP contribution in [0, 0.1) is 5.92 Å². The molecule has 1 heterocycles. The van der Waals surface area contributed by atoms with Gasteiger partial charge in [0.15, 0.2) is 0 Å². The van der Waals surface area contributed by atoms with Crippen LogP contribution in [0.25, 0.3) is 16.7 Å². The van der Waals surface area contributed by atoms with Gasteiger partial charge >= 0.3 is 0 Å². The molecule has 1 N–H and O–H groups in total. The van der Waals surface area contributed by atoms with E-state index in [1.807, 2.05) is 11.8 Å². The predicted molar refractivity (Wildman–Crippen MR) is 190 cm³/mol. The van der Waals surface area contributed by atoms with Crippen LogP contribution in [0.15, 0.2) is 144 Å². The van der Waals surface area contributed by atoms with Gasteiger partial charge in [0.05, 0.1) is 0 Å². The maximum atomic E-state index is 3.86. The van der Waals surface area contributed by atoms with Crippen molar-refractivity contribution in [3.8, 4) is 0 Å². The summed E-state index contributed by atoms with van der Waals surface area (Å²) in [6.07, 6.45) is 29.0. The summed E-state index contributed by atoms with van der Waals surface area (Å²) in [4.78, 5) is 1.46. The van der Waals surface area contributed by atoms with Crippen LogP contribution in [-0.4, -0.2) is 5.25 Å². The van der Waals surface area contributed by atoms with E-state index in [0.717, 1.165) is 38.5 Å². The molecule has 4 aliphatic carbocycles. The van der Waals surface area contributed by atoms with Gasteiger partial charge in [-0.15, -0.1) is 11.8 Å². The molecule has 3 unspecified atom stereocenters. The molecule has 0 amide bonds. The minimum absolute atomic E-state index is 0.496. The van der Waals surface area contributed by atoms with Crippen molar-refractivity contribution in [2.24, 2.45) is 5.92 Å². The van der Waals surface area contributed by atoms with Crippen molar-refractivity contribution in [3.63, 3.8) is 0 Å². The van der Waals surface area contributed by atoms with Gasteiger partial charge in [0.1, 0.15) is 0 Å². The Morgan fingerprint density at radius 3 is 2.52 bits per heavy atom. The topological polar surface area (TPSA) is 12.0 Å². The number of anilines is 1. The second kappa shape index (κ2) is 12.2. The Labute approximate surface area is 266 Å². The van der Waals surface area contributed by atoms with Crippen molar-refractivity contribution in [1.29, 1.82) is 0 Å². The van der Waals surface area contributed by atoms with Crippen LogP contribution < -0.4 is 5.32 Å². The number of hydrogen-bond donors (Lipinski definition) is 1. The van der Waals surface area contributed by atoms with Crippen molar-refractivity contribution in [2.45, 2.75) is 61.0 Å². The number of allylic oxidation sites excluding steroid dienone is 13. The summed E-state index contributed by atoms with van der Waals surface area (Å²) in [5.74, 6) is 1.01. The fourth-order valence-corrected chi connectivity index (χ4v) is 8.93. The Hall–Kier alpha value is -4.01. The number of hydrogen-bond acceptors (Lipinski definition) is 2. The highest BCUT2D eigenvalue weighted by Gasteiger charge is 2.32. The van der Waals surface area contributed by atoms with Gasteiger partial charge in [-0.25, -0.2) is 0 Å². The molecule has 0 fully saturated rings.